The number of unbranched alkanes of at least 4 members (excludes halogenated alkanes) is 1. The molecule has 0 saturated heterocycles. The maximum absolute atomic E-state index is 12.1. The summed E-state index contributed by atoms with van der Waals surface area (Å²) in [6, 6.07) is 6.07. The van der Waals surface area contributed by atoms with Crippen LogP contribution in [0.1, 0.15) is 69.4 Å². The summed E-state index contributed by atoms with van der Waals surface area (Å²) in [7, 11) is 0. The minimum absolute atomic E-state index is 0.0955. The van der Waals surface area contributed by atoms with Gasteiger partial charge >= 0.3 is 0 Å². The van der Waals surface area contributed by atoms with Crippen LogP contribution >= 0.6 is 0 Å². The number of carbonyl (C=O) groups excluding carboxylic acids is 1. The largest absolute Gasteiger partial charge is 0.326 e. The molecule has 0 spiro atoms. The molecule has 2 heteroatoms. The highest BCUT2D eigenvalue weighted by molar-refractivity contribution is 5.92. The zero-order chi connectivity index (χ0) is 23.3. The molecule has 0 heterocycles. The van der Waals surface area contributed by atoms with Gasteiger partial charge in [0.15, 0.2) is 0 Å². The van der Waals surface area contributed by atoms with Crippen LogP contribution in [0.15, 0.2) is 91.1 Å². The van der Waals surface area contributed by atoms with Gasteiger partial charge in [0.05, 0.1) is 0 Å². The first kappa shape index (κ1) is 27.2. The summed E-state index contributed by atoms with van der Waals surface area (Å²) in [5.41, 5.74) is 3.18. The number of carbonyl (C=O) groups is 1. The van der Waals surface area contributed by atoms with Crippen molar-refractivity contribution in [3.05, 3.63) is 102 Å². The van der Waals surface area contributed by atoms with Crippen LogP contribution in [0.5, 0.6) is 0 Å². The molecule has 0 bridgehead atoms. The van der Waals surface area contributed by atoms with Crippen molar-refractivity contribution in [2.75, 3.05) is 5.32 Å². The van der Waals surface area contributed by atoms with Crippen LogP contribution in [0.3, 0.4) is 0 Å². The number of amides is 1. The van der Waals surface area contributed by atoms with E-state index in [9.17, 15) is 4.79 Å². The van der Waals surface area contributed by atoms with Crippen molar-refractivity contribution in [3.8, 4) is 0 Å². The Morgan fingerprint density at radius 1 is 0.719 bits per heavy atom. The van der Waals surface area contributed by atoms with Crippen LogP contribution in [0.25, 0.3) is 0 Å². The molecular weight excluding hydrogens is 390 g/mol. The molecule has 0 atom stereocenters. The number of rotatable bonds is 15. The van der Waals surface area contributed by atoms with E-state index in [4.69, 9.17) is 0 Å². The second kappa shape index (κ2) is 18.9. The molecule has 0 fully saturated rings. The standard InChI is InChI=1S/C30H41NO/c1-4-5-6-7-8-9-10-11-12-13-14-15-16-17-18-19-20-21-22-26-29(32)31-30-27(2)24-23-25-28(30)3/h4-5,7-8,10-11,13-14,16-17,19-20,23-25H,6,9,12,15,18,21-22,26H2,1-3H3,(H,31,32)/b5-4+,8-7+,11-10+,14-13+,17-16+,20-19+. The zero-order valence-corrected chi connectivity index (χ0v) is 20.2. The molecular formula is C30H41NO. The lowest BCUT2D eigenvalue weighted by Crippen LogP contribution is -2.12. The molecule has 1 rings (SSSR count). The number of hydrogen-bond acceptors (Lipinski definition) is 1. The average Bonchev–Trinajstić information content (AvgIpc) is 2.78. The van der Waals surface area contributed by atoms with E-state index in [0.717, 1.165) is 61.8 Å². The minimum atomic E-state index is 0.0955. The van der Waals surface area contributed by atoms with Crippen molar-refractivity contribution < 1.29 is 4.79 Å². The first-order valence-electron chi connectivity index (χ1n) is 11.9. The number of allylic oxidation sites excluding steroid dienone is 12. The minimum Gasteiger partial charge on any atom is -0.326 e. The van der Waals surface area contributed by atoms with Crippen LogP contribution < -0.4 is 5.32 Å². The summed E-state index contributed by atoms with van der Waals surface area (Å²) in [5.74, 6) is 0.0955. The molecule has 1 aromatic rings. The molecule has 172 valence electrons. The third-order valence-corrected chi connectivity index (χ3v) is 4.95. The predicted octanol–water partition coefficient (Wildman–Crippen LogP) is 8.72. The van der Waals surface area contributed by atoms with Crippen molar-refractivity contribution in [2.24, 2.45) is 0 Å². The van der Waals surface area contributed by atoms with E-state index in [-0.39, 0.29) is 5.91 Å². The van der Waals surface area contributed by atoms with Gasteiger partial charge in [-0.3, -0.25) is 4.79 Å². The number of nitrogens with one attached hydrogen (secondary N) is 1. The fourth-order valence-electron chi connectivity index (χ4n) is 3.11. The van der Waals surface area contributed by atoms with E-state index in [1.807, 2.05) is 39.0 Å². The molecule has 1 N–H and O–H groups in total. The topological polar surface area (TPSA) is 29.1 Å². The summed E-state index contributed by atoms with van der Waals surface area (Å²) in [6.45, 7) is 6.10. The van der Waals surface area contributed by atoms with E-state index >= 15 is 0 Å². The van der Waals surface area contributed by atoms with Gasteiger partial charge in [-0.05, 0) is 76.8 Å². The second-order valence-corrected chi connectivity index (χ2v) is 7.81. The summed E-state index contributed by atoms with van der Waals surface area (Å²) in [6.07, 6.45) is 33.5. The molecule has 0 aliphatic carbocycles. The third kappa shape index (κ3) is 14.2. The normalized spacial score (nSPS) is 12.6. The van der Waals surface area contributed by atoms with E-state index in [0.29, 0.717) is 6.42 Å². The molecule has 32 heavy (non-hydrogen) atoms. The lowest BCUT2D eigenvalue weighted by Gasteiger charge is -2.11. The molecule has 0 radical (unpaired) electrons. The van der Waals surface area contributed by atoms with Gasteiger partial charge in [-0.25, -0.2) is 0 Å². The molecule has 0 aromatic heterocycles. The predicted molar refractivity (Wildman–Crippen MR) is 142 cm³/mol. The van der Waals surface area contributed by atoms with Gasteiger partial charge in [0, 0.05) is 12.1 Å². The van der Waals surface area contributed by atoms with Gasteiger partial charge in [-0.1, -0.05) is 91.1 Å². The first-order chi connectivity index (χ1) is 15.6. The van der Waals surface area contributed by atoms with Crippen molar-refractivity contribution in [1.29, 1.82) is 0 Å². The Kier molecular flexibility index (Phi) is 16.0. The van der Waals surface area contributed by atoms with E-state index in [1.165, 1.54) is 0 Å². The smallest absolute Gasteiger partial charge is 0.224 e. The molecule has 0 aliphatic rings. The maximum Gasteiger partial charge on any atom is 0.224 e. The number of para-hydroxylation sites is 1. The van der Waals surface area contributed by atoms with Gasteiger partial charge in [-0.15, -0.1) is 0 Å². The van der Waals surface area contributed by atoms with E-state index in [1.54, 1.807) is 0 Å². The molecule has 1 amide bonds. The lowest BCUT2D eigenvalue weighted by molar-refractivity contribution is -0.116. The Morgan fingerprint density at radius 3 is 1.62 bits per heavy atom. The van der Waals surface area contributed by atoms with Crippen LogP contribution in [-0.2, 0) is 4.79 Å². The number of aryl methyl sites for hydroxylation is 2. The summed E-state index contributed by atoms with van der Waals surface area (Å²) in [4.78, 5) is 12.1. The number of hydrogen-bond donors (Lipinski definition) is 1. The Balaban J connectivity index is 2.04. The molecule has 0 unspecified atom stereocenters. The van der Waals surface area contributed by atoms with Gasteiger partial charge < -0.3 is 5.32 Å². The number of benzene rings is 1. The fourth-order valence-corrected chi connectivity index (χ4v) is 3.11. The highest BCUT2D eigenvalue weighted by Gasteiger charge is 2.06. The van der Waals surface area contributed by atoms with E-state index < -0.39 is 0 Å². The Morgan fingerprint density at radius 2 is 1.16 bits per heavy atom. The Labute approximate surface area is 196 Å². The Bertz CT molecular complexity index is 801. The first-order valence-corrected chi connectivity index (χ1v) is 11.9. The highest BCUT2D eigenvalue weighted by atomic mass is 16.1. The maximum atomic E-state index is 12.1. The SMILES string of the molecule is C/C=C/C/C=C/C/C=C/C/C=C/C/C=C/C/C=C/CCCC(=O)Nc1c(C)cccc1C. The van der Waals surface area contributed by atoms with Crippen LogP contribution in [-0.4, -0.2) is 5.91 Å². The lowest BCUT2D eigenvalue weighted by atomic mass is 10.1. The van der Waals surface area contributed by atoms with Gasteiger partial charge in [0.2, 0.25) is 5.91 Å². The summed E-state index contributed by atoms with van der Waals surface area (Å²) < 4.78 is 0. The van der Waals surface area contributed by atoms with Crippen LogP contribution in [0, 0.1) is 13.8 Å². The van der Waals surface area contributed by atoms with Gasteiger partial charge in [0.1, 0.15) is 0 Å². The zero-order valence-electron chi connectivity index (χ0n) is 20.2. The quantitative estimate of drug-likeness (QED) is 0.218. The molecule has 2 nitrogen and oxygen atoms in total. The number of anilines is 1. The summed E-state index contributed by atoms with van der Waals surface area (Å²) >= 11 is 0. The van der Waals surface area contributed by atoms with Crippen molar-refractivity contribution in [2.45, 2.75) is 72.1 Å². The Hall–Kier alpha value is -2.87. The second-order valence-electron chi connectivity index (χ2n) is 7.81. The average molecular weight is 432 g/mol. The third-order valence-electron chi connectivity index (χ3n) is 4.95. The van der Waals surface area contributed by atoms with Crippen LogP contribution in [0.4, 0.5) is 5.69 Å². The van der Waals surface area contributed by atoms with Crippen molar-refractivity contribution in [1.82, 2.24) is 0 Å². The molecule has 0 aliphatic heterocycles. The van der Waals surface area contributed by atoms with Gasteiger partial charge in [0.25, 0.3) is 0 Å². The van der Waals surface area contributed by atoms with Gasteiger partial charge in [-0.2, -0.15) is 0 Å². The molecule has 1 aromatic carbocycles. The van der Waals surface area contributed by atoms with Crippen molar-refractivity contribution >= 4 is 11.6 Å². The molecule has 0 saturated carbocycles. The van der Waals surface area contributed by atoms with Crippen LogP contribution in [0.2, 0.25) is 0 Å². The highest BCUT2D eigenvalue weighted by Crippen LogP contribution is 2.19. The fraction of sp³-hybridized carbons (Fsp3) is 0.367. The monoisotopic (exact) mass is 431 g/mol. The van der Waals surface area contributed by atoms with E-state index in [2.05, 4.69) is 78.2 Å². The van der Waals surface area contributed by atoms with Crippen molar-refractivity contribution in [3.63, 3.8) is 0 Å². The summed E-state index contributed by atoms with van der Waals surface area (Å²) in [5, 5.41) is 3.05.